The van der Waals surface area contributed by atoms with E-state index in [9.17, 15) is 0 Å². The van der Waals surface area contributed by atoms with Crippen molar-refractivity contribution in [2.45, 2.75) is 0 Å². The molecule has 7 rings (SSSR count). The second-order valence-corrected chi connectivity index (χ2v) is 9.18. The maximum absolute atomic E-state index is 6.11. The van der Waals surface area contributed by atoms with Crippen LogP contribution in [0.5, 0.6) is 11.6 Å². The van der Waals surface area contributed by atoms with Crippen molar-refractivity contribution in [3.05, 3.63) is 146 Å². The number of rotatable bonds is 6. The molecule has 0 unspecified atom stereocenters. The van der Waals surface area contributed by atoms with E-state index >= 15 is 0 Å². The first-order valence-electron chi connectivity index (χ1n) is 12.8. The number of ether oxygens (including phenoxy) is 1. The van der Waals surface area contributed by atoms with Gasteiger partial charge in [-0.2, -0.15) is 0 Å². The van der Waals surface area contributed by atoms with Crippen LogP contribution in [0.1, 0.15) is 0 Å². The van der Waals surface area contributed by atoms with Crippen LogP contribution in [0.4, 0.5) is 17.2 Å². The first-order chi connectivity index (χ1) is 19.3. The summed E-state index contributed by atoms with van der Waals surface area (Å²) in [5, 5.41) is 2.35. The molecule has 5 nitrogen and oxygen atoms in total. The summed E-state index contributed by atoms with van der Waals surface area (Å²) in [4.78, 5) is 11.2. The lowest BCUT2D eigenvalue weighted by Gasteiger charge is -2.25. The van der Waals surface area contributed by atoms with Crippen LogP contribution in [0.15, 0.2) is 146 Å². The Hall–Kier alpha value is -5.42. The van der Waals surface area contributed by atoms with E-state index in [1.165, 1.54) is 5.39 Å². The van der Waals surface area contributed by atoms with Gasteiger partial charge in [-0.1, -0.05) is 54.6 Å². The molecule has 0 N–H and O–H groups in total. The third-order valence-corrected chi connectivity index (χ3v) is 6.74. The summed E-state index contributed by atoms with van der Waals surface area (Å²) in [7, 11) is 0. The van der Waals surface area contributed by atoms with Gasteiger partial charge in [0.2, 0.25) is 5.88 Å². The maximum atomic E-state index is 6.11. The molecule has 0 aliphatic rings. The van der Waals surface area contributed by atoms with E-state index in [1.54, 1.807) is 6.20 Å². The summed E-state index contributed by atoms with van der Waals surface area (Å²) < 4.78 is 8.40. The van der Waals surface area contributed by atoms with Crippen molar-refractivity contribution in [3.8, 4) is 17.3 Å². The van der Waals surface area contributed by atoms with Gasteiger partial charge in [0.05, 0.1) is 11.0 Å². The molecule has 0 atom stereocenters. The molecule has 0 aliphatic heterocycles. The van der Waals surface area contributed by atoms with Crippen molar-refractivity contribution in [3.63, 3.8) is 0 Å². The molecule has 3 aromatic heterocycles. The van der Waals surface area contributed by atoms with Gasteiger partial charge in [0.25, 0.3) is 0 Å². The molecule has 0 fully saturated rings. The normalized spacial score (nSPS) is 11.1. The monoisotopic (exact) mass is 504 g/mol. The van der Waals surface area contributed by atoms with Gasteiger partial charge in [0.15, 0.2) is 0 Å². The molecular weight excluding hydrogens is 480 g/mol. The van der Waals surface area contributed by atoms with E-state index in [-0.39, 0.29) is 0 Å². The zero-order valence-corrected chi connectivity index (χ0v) is 21.1. The molecule has 0 aliphatic carbocycles. The molecule has 0 saturated heterocycles. The number of anilines is 3. The number of hydrogen-bond acceptors (Lipinski definition) is 4. The molecular formula is C34H24N4O. The summed E-state index contributed by atoms with van der Waals surface area (Å²) in [5.41, 5.74) is 5.30. The van der Waals surface area contributed by atoms with Crippen LogP contribution in [0.25, 0.3) is 27.5 Å². The van der Waals surface area contributed by atoms with Gasteiger partial charge in [-0.25, -0.2) is 9.97 Å². The Kier molecular flexibility index (Phi) is 5.72. The van der Waals surface area contributed by atoms with Crippen LogP contribution in [-0.4, -0.2) is 14.5 Å². The lowest BCUT2D eigenvalue weighted by atomic mass is 10.1. The number of hydrogen-bond donors (Lipinski definition) is 0. The predicted molar refractivity (Wildman–Crippen MR) is 158 cm³/mol. The Morgan fingerprint density at radius 3 is 2.10 bits per heavy atom. The van der Waals surface area contributed by atoms with Crippen molar-refractivity contribution < 1.29 is 4.74 Å². The summed E-state index contributed by atoms with van der Waals surface area (Å²) in [6.45, 7) is 0. The fraction of sp³-hybridized carbons (Fsp3) is 0. The molecule has 0 radical (unpaired) electrons. The van der Waals surface area contributed by atoms with Gasteiger partial charge < -0.3 is 9.30 Å². The zero-order chi connectivity index (χ0) is 26.0. The highest BCUT2D eigenvalue weighted by Gasteiger charge is 2.17. The second kappa shape index (κ2) is 9.80. The van der Waals surface area contributed by atoms with Gasteiger partial charge in [0, 0.05) is 52.4 Å². The SMILES string of the molecule is c1ccc(N(c2cccc(-n3c4ccccc4c4ccc(Oc5ccccn5)cc43)c2)c2ccccn2)cc1. The minimum absolute atomic E-state index is 0.565. The molecule has 4 aromatic carbocycles. The summed E-state index contributed by atoms with van der Waals surface area (Å²) in [6, 6.07) is 45.2. The summed E-state index contributed by atoms with van der Waals surface area (Å²) >= 11 is 0. The average Bonchev–Trinajstić information content (AvgIpc) is 3.33. The van der Waals surface area contributed by atoms with Gasteiger partial charge in [0.1, 0.15) is 11.6 Å². The Labute approximate surface area is 226 Å². The number of benzene rings is 4. The first-order valence-corrected chi connectivity index (χ1v) is 12.8. The molecule has 0 amide bonds. The number of pyridine rings is 2. The number of nitrogens with zero attached hydrogens (tertiary/aromatic N) is 4. The minimum atomic E-state index is 0.565. The van der Waals surface area contributed by atoms with Crippen molar-refractivity contribution >= 4 is 39.0 Å². The standard InChI is InChI=1S/C34H24N4O/c1-2-11-25(12-3-1)37(33-17-6-8-21-35-33)26-13-10-14-27(23-26)38-31-16-5-4-15-29(31)30-20-19-28(24-32(30)38)39-34-18-7-9-22-36-34/h1-24H. The smallest absolute Gasteiger partial charge is 0.219 e. The van der Waals surface area contributed by atoms with Crippen molar-refractivity contribution in [2.75, 3.05) is 4.90 Å². The Morgan fingerprint density at radius 2 is 1.28 bits per heavy atom. The molecule has 7 aromatic rings. The van der Waals surface area contributed by atoms with E-state index in [0.717, 1.165) is 45.0 Å². The minimum Gasteiger partial charge on any atom is -0.439 e. The lowest BCUT2D eigenvalue weighted by Crippen LogP contribution is -2.11. The molecule has 3 heterocycles. The topological polar surface area (TPSA) is 43.2 Å². The highest BCUT2D eigenvalue weighted by molar-refractivity contribution is 6.09. The first kappa shape index (κ1) is 22.8. The van der Waals surface area contributed by atoms with Crippen LogP contribution in [-0.2, 0) is 0 Å². The van der Waals surface area contributed by atoms with Crippen molar-refractivity contribution in [1.29, 1.82) is 0 Å². The van der Waals surface area contributed by atoms with Crippen LogP contribution in [0.3, 0.4) is 0 Å². The second-order valence-electron chi connectivity index (χ2n) is 9.18. The molecule has 39 heavy (non-hydrogen) atoms. The Morgan fingerprint density at radius 1 is 0.538 bits per heavy atom. The van der Waals surface area contributed by atoms with E-state index in [2.05, 4.69) is 92.2 Å². The summed E-state index contributed by atoms with van der Waals surface area (Å²) in [6.07, 6.45) is 3.56. The Balaban J connectivity index is 1.41. The third-order valence-electron chi connectivity index (χ3n) is 6.74. The van der Waals surface area contributed by atoms with Gasteiger partial charge >= 0.3 is 0 Å². The fourth-order valence-electron chi connectivity index (χ4n) is 5.07. The molecule has 5 heteroatoms. The van der Waals surface area contributed by atoms with Crippen LogP contribution < -0.4 is 9.64 Å². The fourth-order valence-corrected chi connectivity index (χ4v) is 5.07. The van der Waals surface area contributed by atoms with Crippen LogP contribution >= 0.6 is 0 Å². The van der Waals surface area contributed by atoms with Crippen molar-refractivity contribution in [2.24, 2.45) is 0 Å². The molecule has 0 spiro atoms. The predicted octanol–water partition coefficient (Wildman–Crippen LogP) is 8.84. The van der Waals surface area contributed by atoms with Gasteiger partial charge in [-0.3, -0.25) is 4.90 Å². The van der Waals surface area contributed by atoms with Crippen LogP contribution in [0, 0.1) is 0 Å². The zero-order valence-electron chi connectivity index (χ0n) is 21.1. The van der Waals surface area contributed by atoms with Gasteiger partial charge in [-0.15, -0.1) is 0 Å². The largest absolute Gasteiger partial charge is 0.439 e. The highest BCUT2D eigenvalue weighted by Crippen LogP contribution is 2.38. The number of aromatic nitrogens is 3. The summed E-state index contributed by atoms with van der Waals surface area (Å²) in [5.74, 6) is 2.16. The van der Waals surface area contributed by atoms with E-state index in [0.29, 0.717) is 5.88 Å². The number of fused-ring (bicyclic) bond motifs is 3. The highest BCUT2D eigenvalue weighted by atomic mass is 16.5. The molecule has 0 saturated carbocycles. The van der Waals surface area contributed by atoms with E-state index in [4.69, 9.17) is 4.74 Å². The quantitative estimate of drug-likeness (QED) is 0.227. The molecule has 186 valence electrons. The van der Waals surface area contributed by atoms with Crippen LogP contribution in [0.2, 0.25) is 0 Å². The lowest BCUT2D eigenvalue weighted by molar-refractivity contribution is 0.463. The van der Waals surface area contributed by atoms with Gasteiger partial charge in [-0.05, 0) is 66.7 Å². The van der Waals surface area contributed by atoms with E-state index < -0.39 is 0 Å². The van der Waals surface area contributed by atoms with Crippen molar-refractivity contribution in [1.82, 2.24) is 14.5 Å². The maximum Gasteiger partial charge on any atom is 0.219 e. The van der Waals surface area contributed by atoms with E-state index in [1.807, 2.05) is 66.9 Å². The Bertz CT molecular complexity index is 1840. The number of para-hydroxylation sites is 2. The average molecular weight is 505 g/mol. The molecule has 0 bridgehead atoms. The third kappa shape index (κ3) is 4.26.